The molecule has 2 aromatic carbocycles. The summed E-state index contributed by atoms with van der Waals surface area (Å²) >= 11 is 0. The van der Waals surface area contributed by atoms with E-state index in [1.807, 2.05) is 54.7 Å². The number of aliphatic imine (C=N–C) groups is 1. The van der Waals surface area contributed by atoms with Crippen molar-refractivity contribution in [3.05, 3.63) is 59.7 Å². The molecule has 0 saturated carbocycles. The molecule has 2 rings (SSSR count). The van der Waals surface area contributed by atoms with Gasteiger partial charge in [-0.05, 0) is 23.3 Å². The van der Waals surface area contributed by atoms with Crippen molar-refractivity contribution in [2.45, 2.75) is 6.54 Å². The highest BCUT2D eigenvalue weighted by atomic mass is 16.5. The molecule has 19 heavy (non-hydrogen) atoms. The highest BCUT2D eigenvalue weighted by Gasteiger charge is 2.03. The monoisotopic (exact) mass is 255 g/mol. The van der Waals surface area contributed by atoms with E-state index in [9.17, 15) is 0 Å². The third kappa shape index (κ3) is 3.58. The first-order valence-electron chi connectivity index (χ1n) is 6.09. The first-order chi connectivity index (χ1) is 9.33. The molecule has 0 aliphatic carbocycles. The SMILES string of the molecule is COc1ccc(CN=Cc2ccccc2)cc1OC. The van der Waals surface area contributed by atoms with Crippen molar-refractivity contribution >= 4 is 6.21 Å². The molecule has 3 nitrogen and oxygen atoms in total. The summed E-state index contributed by atoms with van der Waals surface area (Å²) in [6, 6.07) is 15.9. The fourth-order valence-electron chi connectivity index (χ4n) is 1.77. The minimum absolute atomic E-state index is 0.620. The zero-order valence-electron chi connectivity index (χ0n) is 11.2. The Balaban J connectivity index is 2.06. The number of hydrogen-bond acceptors (Lipinski definition) is 3. The van der Waals surface area contributed by atoms with Crippen LogP contribution in [0, 0.1) is 0 Å². The van der Waals surface area contributed by atoms with Crippen molar-refractivity contribution < 1.29 is 9.47 Å². The smallest absolute Gasteiger partial charge is 0.161 e. The van der Waals surface area contributed by atoms with Crippen LogP contribution in [-0.4, -0.2) is 20.4 Å². The summed E-state index contributed by atoms with van der Waals surface area (Å²) in [5.41, 5.74) is 2.19. The molecule has 0 spiro atoms. The number of hydrogen-bond donors (Lipinski definition) is 0. The van der Waals surface area contributed by atoms with E-state index < -0.39 is 0 Å². The molecule has 0 aromatic heterocycles. The van der Waals surface area contributed by atoms with Crippen molar-refractivity contribution in [2.75, 3.05) is 14.2 Å². The van der Waals surface area contributed by atoms with Crippen LogP contribution in [0.3, 0.4) is 0 Å². The van der Waals surface area contributed by atoms with Crippen LogP contribution in [0.1, 0.15) is 11.1 Å². The van der Waals surface area contributed by atoms with Crippen LogP contribution in [0.5, 0.6) is 11.5 Å². The van der Waals surface area contributed by atoms with Gasteiger partial charge in [0.2, 0.25) is 0 Å². The molecule has 0 fully saturated rings. The molecule has 3 heteroatoms. The third-order valence-electron chi connectivity index (χ3n) is 2.76. The zero-order valence-corrected chi connectivity index (χ0v) is 11.2. The van der Waals surface area contributed by atoms with Crippen LogP contribution in [0.4, 0.5) is 0 Å². The van der Waals surface area contributed by atoms with Crippen molar-refractivity contribution in [2.24, 2.45) is 4.99 Å². The van der Waals surface area contributed by atoms with Crippen LogP contribution in [0.15, 0.2) is 53.5 Å². The van der Waals surface area contributed by atoms with E-state index >= 15 is 0 Å². The van der Waals surface area contributed by atoms with Crippen LogP contribution < -0.4 is 9.47 Å². The van der Waals surface area contributed by atoms with E-state index in [1.54, 1.807) is 14.2 Å². The Bertz CT molecular complexity index is 550. The van der Waals surface area contributed by atoms with Gasteiger partial charge in [0.1, 0.15) is 0 Å². The minimum Gasteiger partial charge on any atom is -0.493 e. The number of ether oxygens (including phenoxy) is 2. The first-order valence-corrected chi connectivity index (χ1v) is 6.09. The standard InChI is InChI=1S/C16H17NO2/c1-18-15-9-8-14(10-16(15)19-2)12-17-11-13-6-4-3-5-7-13/h3-11H,12H2,1-2H3. The van der Waals surface area contributed by atoms with Gasteiger partial charge in [0.05, 0.1) is 20.8 Å². The van der Waals surface area contributed by atoms with Gasteiger partial charge >= 0.3 is 0 Å². The molecule has 0 bridgehead atoms. The van der Waals surface area contributed by atoms with E-state index in [-0.39, 0.29) is 0 Å². The third-order valence-corrected chi connectivity index (χ3v) is 2.76. The Labute approximate surface area is 113 Å². The van der Waals surface area contributed by atoms with E-state index in [0.717, 1.165) is 22.6 Å². The molecule has 0 saturated heterocycles. The lowest BCUT2D eigenvalue weighted by molar-refractivity contribution is 0.354. The Morgan fingerprint density at radius 3 is 2.37 bits per heavy atom. The molecular formula is C16H17NO2. The predicted molar refractivity (Wildman–Crippen MR) is 77.3 cm³/mol. The highest BCUT2D eigenvalue weighted by molar-refractivity contribution is 5.79. The second-order valence-corrected chi connectivity index (χ2v) is 4.07. The average Bonchev–Trinajstić information content (AvgIpc) is 2.48. The molecule has 0 heterocycles. The zero-order chi connectivity index (χ0) is 13.5. The lowest BCUT2D eigenvalue weighted by atomic mass is 10.2. The van der Waals surface area contributed by atoms with E-state index in [1.165, 1.54) is 0 Å². The van der Waals surface area contributed by atoms with Gasteiger partial charge in [0, 0.05) is 6.21 Å². The summed E-state index contributed by atoms with van der Waals surface area (Å²) in [6.45, 7) is 0.620. The normalized spacial score (nSPS) is 10.6. The molecule has 0 atom stereocenters. The maximum Gasteiger partial charge on any atom is 0.161 e. The highest BCUT2D eigenvalue weighted by Crippen LogP contribution is 2.27. The van der Waals surface area contributed by atoms with Gasteiger partial charge in [0.15, 0.2) is 11.5 Å². The summed E-state index contributed by atoms with van der Waals surface area (Å²) in [5, 5.41) is 0. The fraction of sp³-hybridized carbons (Fsp3) is 0.188. The van der Waals surface area contributed by atoms with Crippen molar-refractivity contribution in [1.29, 1.82) is 0 Å². The van der Waals surface area contributed by atoms with Gasteiger partial charge < -0.3 is 9.47 Å². The van der Waals surface area contributed by atoms with Gasteiger partial charge in [-0.2, -0.15) is 0 Å². The quantitative estimate of drug-likeness (QED) is 0.767. The molecule has 0 N–H and O–H groups in total. The number of rotatable bonds is 5. The summed E-state index contributed by atoms with van der Waals surface area (Å²) in [6.07, 6.45) is 1.87. The molecule has 0 unspecified atom stereocenters. The Morgan fingerprint density at radius 2 is 1.68 bits per heavy atom. The molecule has 0 radical (unpaired) electrons. The second kappa shape index (κ2) is 6.59. The van der Waals surface area contributed by atoms with Crippen LogP contribution in [-0.2, 0) is 6.54 Å². The van der Waals surface area contributed by atoms with Gasteiger partial charge in [-0.15, -0.1) is 0 Å². The van der Waals surface area contributed by atoms with E-state index in [0.29, 0.717) is 6.54 Å². The van der Waals surface area contributed by atoms with Crippen LogP contribution >= 0.6 is 0 Å². The summed E-state index contributed by atoms with van der Waals surface area (Å²) in [4.78, 5) is 4.42. The molecule has 2 aromatic rings. The topological polar surface area (TPSA) is 30.8 Å². The number of nitrogens with zero attached hydrogens (tertiary/aromatic N) is 1. The Morgan fingerprint density at radius 1 is 0.947 bits per heavy atom. The molecule has 0 aliphatic rings. The minimum atomic E-state index is 0.620. The van der Waals surface area contributed by atoms with E-state index in [4.69, 9.17) is 9.47 Å². The summed E-state index contributed by atoms with van der Waals surface area (Å²) < 4.78 is 10.5. The summed E-state index contributed by atoms with van der Waals surface area (Å²) in [5.74, 6) is 1.47. The predicted octanol–water partition coefficient (Wildman–Crippen LogP) is 3.32. The molecular weight excluding hydrogens is 238 g/mol. The lowest BCUT2D eigenvalue weighted by Crippen LogP contribution is -1.92. The average molecular weight is 255 g/mol. The van der Waals surface area contributed by atoms with Crippen molar-refractivity contribution in [1.82, 2.24) is 0 Å². The number of methoxy groups -OCH3 is 2. The fourth-order valence-corrected chi connectivity index (χ4v) is 1.77. The Kier molecular flexibility index (Phi) is 4.56. The lowest BCUT2D eigenvalue weighted by Gasteiger charge is -2.08. The van der Waals surface area contributed by atoms with Gasteiger partial charge in [0.25, 0.3) is 0 Å². The number of benzene rings is 2. The largest absolute Gasteiger partial charge is 0.493 e. The van der Waals surface area contributed by atoms with Crippen LogP contribution in [0.25, 0.3) is 0 Å². The van der Waals surface area contributed by atoms with Gasteiger partial charge in [-0.1, -0.05) is 36.4 Å². The van der Waals surface area contributed by atoms with E-state index in [2.05, 4.69) is 4.99 Å². The summed E-state index contributed by atoms with van der Waals surface area (Å²) in [7, 11) is 3.26. The maximum atomic E-state index is 5.26. The second-order valence-electron chi connectivity index (χ2n) is 4.07. The van der Waals surface area contributed by atoms with Gasteiger partial charge in [-0.25, -0.2) is 0 Å². The Hall–Kier alpha value is -2.29. The van der Waals surface area contributed by atoms with Gasteiger partial charge in [-0.3, -0.25) is 4.99 Å². The van der Waals surface area contributed by atoms with Crippen molar-refractivity contribution in [3.63, 3.8) is 0 Å². The molecule has 0 amide bonds. The molecule has 0 aliphatic heterocycles. The maximum absolute atomic E-state index is 5.26. The first kappa shape index (κ1) is 13.1. The van der Waals surface area contributed by atoms with Crippen LogP contribution in [0.2, 0.25) is 0 Å². The van der Waals surface area contributed by atoms with Crippen molar-refractivity contribution in [3.8, 4) is 11.5 Å². The molecule has 98 valence electrons.